The average Bonchev–Trinajstić information content (AvgIpc) is 2.80. The maximum absolute atomic E-state index is 13.3. The third-order valence-electron chi connectivity index (χ3n) is 5.57. The lowest BCUT2D eigenvalue weighted by Crippen LogP contribution is -2.47. The highest BCUT2D eigenvalue weighted by atomic mass is 35.5. The van der Waals surface area contributed by atoms with Gasteiger partial charge >= 0.3 is 0 Å². The van der Waals surface area contributed by atoms with Crippen molar-refractivity contribution in [3.8, 4) is 0 Å². The summed E-state index contributed by atoms with van der Waals surface area (Å²) in [4.78, 5) is 27.4. The molecule has 1 N–H and O–H groups in total. The van der Waals surface area contributed by atoms with E-state index in [2.05, 4.69) is 5.32 Å². The fraction of sp³-hybridized carbons (Fsp3) is 0.440. The first-order valence-electron chi connectivity index (χ1n) is 11.5. The zero-order valence-electron chi connectivity index (χ0n) is 20.6. The minimum absolute atomic E-state index is 0.0740. The first kappa shape index (κ1) is 28.9. The number of aryl methyl sites for hydroxylation is 1. The molecule has 0 aromatic heterocycles. The fourth-order valence-electron chi connectivity index (χ4n) is 3.60. The van der Waals surface area contributed by atoms with Gasteiger partial charge in [-0.25, -0.2) is 8.42 Å². The molecule has 0 spiro atoms. The summed E-state index contributed by atoms with van der Waals surface area (Å²) in [5.41, 5.74) is 2.08. The highest BCUT2D eigenvalue weighted by Crippen LogP contribution is 2.27. The Morgan fingerprint density at radius 2 is 1.69 bits per heavy atom. The van der Waals surface area contributed by atoms with Gasteiger partial charge in [0.05, 0.1) is 11.9 Å². The molecule has 0 saturated carbocycles. The number of nitrogens with zero attached hydrogens (tertiary/aromatic N) is 2. The molecule has 0 aliphatic rings. The Bertz CT molecular complexity index is 1120. The molecule has 2 amide bonds. The van der Waals surface area contributed by atoms with Gasteiger partial charge in [0.2, 0.25) is 21.8 Å². The first-order valence-corrected chi connectivity index (χ1v) is 14.1. The molecule has 0 aliphatic heterocycles. The van der Waals surface area contributed by atoms with Gasteiger partial charge in [0, 0.05) is 36.1 Å². The van der Waals surface area contributed by atoms with E-state index >= 15 is 0 Å². The van der Waals surface area contributed by atoms with Crippen LogP contribution in [0.15, 0.2) is 42.5 Å². The molecule has 0 heterocycles. The minimum atomic E-state index is -3.59. The number of nitrogens with one attached hydrogen (secondary N) is 1. The van der Waals surface area contributed by atoms with Crippen LogP contribution in [-0.4, -0.2) is 50.5 Å². The number of hydrogen-bond acceptors (Lipinski definition) is 4. The van der Waals surface area contributed by atoms with Crippen molar-refractivity contribution in [1.29, 1.82) is 0 Å². The molecule has 192 valence electrons. The van der Waals surface area contributed by atoms with Gasteiger partial charge in [-0.2, -0.15) is 0 Å². The first-order chi connectivity index (χ1) is 16.4. The quantitative estimate of drug-likeness (QED) is 0.418. The lowest BCUT2D eigenvalue weighted by Gasteiger charge is -2.29. The van der Waals surface area contributed by atoms with Crippen molar-refractivity contribution in [2.24, 2.45) is 0 Å². The van der Waals surface area contributed by atoms with E-state index in [0.29, 0.717) is 22.3 Å². The van der Waals surface area contributed by atoms with Gasteiger partial charge in [0.1, 0.15) is 6.04 Å². The molecule has 35 heavy (non-hydrogen) atoms. The molecule has 1 atom stereocenters. The summed E-state index contributed by atoms with van der Waals surface area (Å²) in [6.07, 6.45) is 2.26. The molecular weight excluding hydrogens is 509 g/mol. The van der Waals surface area contributed by atoms with Gasteiger partial charge in [0.25, 0.3) is 0 Å². The Morgan fingerprint density at radius 3 is 2.29 bits per heavy atom. The number of anilines is 1. The Kier molecular flexibility index (Phi) is 10.9. The van der Waals surface area contributed by atoms with Gasteiger partial charge in [0.15, 0.2) is 0 Å². The van der Waals surface area contributed by atoms with Crippen LogP contribution in [0.1, 0.15) is 44.2 Å². The van der Waals surface area contributed by atoms with Crippen molar-refractivity contribution >= 4 is 50.7 Å². The number of hydrogen-bond donors (Lipinski definition) is 1. The van der Waals surface area contributed by atoms with Gasteiger partial charge in [-0.05, 0) is 62.1 Å². The predicted octanol–water partition coefficient (Wildman–Crippen LogP) is 4.79. The summed E-state index contributed by atoms with van der Waals surface area (Å²) in [6.45, 7) is 6.32. The SMILES string of the molecule is CCCNC(=O)[C@H](C)N(Cc1ccc(Cl)cc1)C(=O)CCCN(c1cc(Cl)ccc1C)S(C)(=O)=O. The van der Waals surface area contributed by atoms with E-state index in [4.69, 9.17) is 23.2 Å². The third kappa shape index (κ3) is 8.70. The Morgan fingerprint density at radius 1 is 1.06 bits per heavy atom. The number of carbonyl (C=O) groups is 2. The highest BCUT2D eigenvalue weighted by Gasteiger charge is 2.26. The summed E-state index contributed by atoms with van der Waals surface area (Å²) in [6, 6.07) is 11.5. The molecule has 0 unspecified atom stereocenters. The topological polar surface area (TPSA) is 86.8 Å². The molecule has 2 rings (SSSR count). The lowest BCUT2D eigenvalue weighted by molar-refractivity contribution is -0.140. The molecule has 0 bridgehead atoms. The normalized spacial score (nSPS) is 12.2. The third-order valence-corrected chi connectivity index (χ3v) is 7.24. The van der Waals surface area contributed by atoms with Crippen LogP contribution in [-0.2, 0) is 26.2 Å². The monoisotopic (exact) mass is 541 g/mol. The average molecular weight is 543 g/mol. The maximum Gasteiger partial charge on any atom is 0.242 e. The zero-order chi connectivity index (χ0) is 26.2. The summed E-state index contributed by atoms with van der Waals surface area (Å²) in [7, 11) is -3.59. The molecule has 7 nitrogen and oxygen atoms in total. The van der Waals surface area contributed by atoms with Crippen molar-refractivity contribution < 1.29 is 18.0 Å². The van der Waals surface area contributed by atoms with Crippen LogP contribution in [0, 0.1) is 6.92 Å². The molecule has 0 aliphatic carbocycles. The van der Waals surface area contributed by atoms with E-state index in [1.807, 2.05) is 19.1 Å². The molecule has 2 aromatic carbocycles. The summed E-state index contributed by atoms with van der Waals surface area (Å²) in [5, 5.41) is 3.84. The molecule has 10 heteroatoms. The van der Waals surface area contributed by atoms with Crippen molar-refractivity contribution in [2.75, 3.05) is 23.7 Å². The Balaban J connectivity index is 2.18. The molecule has 0 fully saturated rings. The van der Waals surface area contributed by atoms with E-state index in [1.54, 1.807) is 44.2 Å². The van der Waals surface area contributed by atoms with Crippen molar-refractivity contribution in [1.82, 2.24) is 10.2 Å². The smallest absolute Gasteiger partial charge is 0.242 e. The van der Waals surface area contributed by atoms with Crippen LogP contribution in [0.2, 0.25) is 10.0 Å². The number of benzene rings is 2. The second kappa shape index (κ2) is 13.1. The van der Waals surface area contributed by atoms with Crippen LogP contribution in [0.3, 0.4) is 0 Å². The molecule has 0 saturated heterocycles. The Hall–Kier alpha value is -2.29. The van der Waals surface area contributed by atoms with E-state index in [0.717, 1.165) is 23.8 Å². The van der Waals surface area contributed by atoms with Crippen LogP contribution in [0.25, 0.3) is 0 Å². The highest BCUT2D eigenvalue weighted by molar-refractivity contribution is 7.92. The number of amides is 2. The van der Waals surface area contributed by atoms with Gasteiger partial charge < -0.3 is 10.2 Å². The van der Waals surface area contributed by atoms with Crippen molar-refractivity contribution in [2.45, 2.75) is 52.6 Å². The summed E-state index contributed by atoms with van der Waals surface area (Å²) >= 11 is 12.1. The van der Waals surface area contributed by atoms with Gasteiger partial charge in [-0.3, -0.25) is 13.9 Å². The molecule has 2 aromatic rings. The van der Waals surface area contributed by atoms with Crippen LogP contribution < -0.4 is 9.62 Å². The fourth-order valence-corrected chi connectivity index (χ4v) is 4.91. The Labute approximate surface area is 218 Å². The van der Waals surface area contributed by atoms with E-state index in [1.165, 1.54) is 9.21 Å². The maximum atomic E-state index is 13.3. The predicted molar refractivity (Wildman–Crippen MR) is 142 cm³/mol. The lowest BCUT2D eigenvalue weighted by atomic mass is 10.1. The minimum Gasteiger partial charge on any atom is -0.354 e. The number of rotatable bonds is 12. The standard InChI is InChI=1S/C25H33Cl2N3O4S/c1-5-14-28-25(32)19(3)29(17-20-9-12-21(26)13-10-20)24(31)7-6-15-30(35(4,33)34)23-16-22(27)11-8-18(23)2/h8-13,16,19H,5-7,14-15,17H2,1-4H3,(H,28,32)/t19-/m0/s1. The molecular formula is C25H33Cl2N3O4S. The van der Waals surface area contributed by atoms with Crippen LogP contribution >= 0.6 is 23.2 Å². The second-order valence-electron chi connectivity index (χ2n) is 8.48. The van der Waals surface area contributed by atoms with Crippen molar-refractivity contribution in [3.63, 3.8) is 0 Å². The van der Waals surface area contributed by atoms with E-state index in [-0.39, 0.29) is 37.7 Å². The van der Waals surface area contributed by atoms with Crippen molar-refractivity contribution in [3.05, 3.63) is 63.6 Å². The van der Waals surface area contributed by atoms with Crippen LogP contribution in [0.5, 0.6) is 0 Å². The summed E-state index contributed by atoms with van der Waals surface area (Å²) in [5.74, 6) is -0.475. The number of sulfonamides is 1. The van der Waals surface area contributed by atoms with E-state index < -0.39 is 16.1 Å². The zero-order valence-corrected chi connectivity index (χ0v) is 22.9. The van der Waals surface area contributed by atoms with Gasteiger partial charge in [-0.1, -0.05) is 48.3 Å². The molecule has 0 radical (unpaired) electrons. The van der Waals surface area contributed by atoms with E-state index in [9.17, 15) is 18.0 Å². The number of halogens is 2. The van der Waals surface area contributed by atoms with Crippen LogP contribution in [0.4, 0.5) is 5.69 Å². The number of carbonyl (C=O) groups excluding carboxylic acids is 2. The second-order valence-corrected chi connectivity index (χ2v) is 11.3. The largest absolute Gasteiger partial charge is 0.354 e. The summed E-state index contributed by atoms with van der Waals surface area (Å²) < 4.78 is 26.3. The van der Waals surface area contributed by atoms with Gasteiger partial charge in [-0.15, -0.1) is 0 Å².